The summed E-state index contributed by atoms with van der Waals surface area (Å²) >= 11 is 0. The van der Waals surface area contributed by atoms with E-state index in [9.17, 15) is 19.5 Å². The molecule has 2 amide bonds. The number of piperidine rings is 1. The summed E-state index contributed by atoms with van der Waals surface area (Å²) in [5.41, 5.74) is 4.06. The Morgan fingerprint density at radius 3 is 2.88 bits per heavy atom. The van der Waals surface area contributed by atoms with Crippen LogP contribution < -0.4 is 11.1 Å². The Bertz CT molecular complexity index is 666. The maximum absolute atomic E-state index is 12.2. The van der Waals surface area contributed by atoms with Gasteiger partial charge in [-0.1, -0.05) is 6.07 Å². The molecule has 25 heavy (non-hydrogen) atoms. The number of rotatable bonds is 6. The number of likely N-dealkylation sites (tertiary alicyclic amines) is 1. The van der Waals surface area contributed by atoms with Crippen LogP contribution >= 0.6 is 0 Å². The molecule has 2 heterocycles. The monoisotopic (exact) mass is 350 g/mol. The largest absolute Gasteiger partial charge is 0.464 e. The number of ether oxygens (including phenoxy) is 1. The molecule has 0 aliphatic carbocycles. The fraction of sp³-hybridized carbons (Fsp3) is 0.500. The number of carbonyl (C=O) groups is 3. The molecule has 1 aromatic heterocycles. The number of methoxy groups -OCH3 is 1. The van der Waals surface area contributed by atoms with E-state index >= 15 is 0 Å². The minimum absolute atomic E-state index is 0.0329. The number of anilines is 1. The lowest BCUT2D eigenvalue weighted by Gasteiger charge is -2.38. The van der Waals surface area contributed by atoms with E-state index < -0.39 is 17.5 Å². The number of carbonyl (C=O) groups excluding carboxylic acids is 3. The van der Waals surface area contributed by atoms with E-state index in [2.05, 4.69) is 15.0 Å². The number of nitrogens with one attached hydrogen (secondary N) is 1. The van der Waals surface area contributed by atoms with E-state index in [1.165, 1.54) is 13.2 Å². The summed E-state index contributed by atoms with van der Waals surface area (Å²) in [6.07, 6.45) is 0.998. The third-order valence-corrected chi connectivity index (χ3v) is 3.92. The third-order valence-electron chi connectivity index (χ3n) is 3.92. The van der Waals surface area contributed by atoms with Crippen LogP contribution in [0.1, 0.15) is 29.8 Å². The van der Waals surface area contributed by atoms with Crippen LogP contribution in [0.2, 0.25) is 0 Å². The minimum Gasteiger partial charge on any atom is -0.464 e. The second-order valence-corrected chi connectivity index (χ2v) is 6.13. The van der Waals surface area contributed by atoms with Crippen molar-refractivity contribution in [2.24, 2.45) is 5.73 Å². The summed E-state index contributed by atoms with van der Waals surface area (Å²) in [6.45, 7) is 0.855. The van der Waals surface area contributed by atoms with Crippen LogP contribution in [0.4, 0.5) is 5.82 Å². The molecule has 9 nitrogen and oxygen atoms in total. The van der Waals surface area contributed by atoms with E-state index in [1.807, 2.05) is 0 Å². The Balaban J connectivity index is 1.94. The van der Waals surface area contributed by atoms with Crippen molar-refractivity contribution in [3.05, 3.63) is 23.9 Å². The fourth-order valence-electron chi connectivity index (χ4n) is 2.92. The highest BCUT2D eigenvalue weighted by atomic mass is 16.5. The number of primary amides is 1. The molecular weight excluding hydrogens is 328 g/mol. The van der Waals surface area contributed by atoms with Gasteiger partial charge in [0.2, 0.25) is 11.8 Å². The van der Waals surface area contributed by atoms with Crippen LogP contribution in [-0.2, 0) is 14.3 Å². The van der Waals surface area contributed by atoms with E-state index in [-0.39, 0.29) is 36.9 Å². The number of hydrogen-bond acceptors (Lipinski definition) is 7. The van der Waals surface area contributed by atoms with Crippen LogP contribution in [0, 0.1) is 0 Å². The Kier molecular flexibility index (Phi) is 6.05. The molecular formula is C16H22N4O5. The molecule has 1 aromatic rings. The quantitative estimate of drug-likeness (QED) is 0.589. The summed E-state index contributed by atoms with van der Waals surface area (Å²) in [6, 6.07) is 4.63. The van der Waals surface area contributed by atoms with Crippen molar-refractivity contribution < 1.29 is 24.2 Å². The summed E-state index contributed by atoms with van der Waals surface area (Å²) < 4.78 is 4.58. The number of nitrogens with two attached hydrogens (primary N) is 1. The Morgan fingerprint density at radius 2 is 2.20 bits per heavy atom. The smallest absolute Gasteiger partial charge is 0.356 e. The molecule has 2 rings (SSSR count). The predicted molar refractivity (Wildman–Crippen MR) is 88.6 cm³/mol. The van der Waals surface area contributed by atoms with Gasteiger partial charge in [-0.3, -0.25) is 14.5 Å². The van der Waals surface area contributed by atoms with Gasteiger partial charge in [-0.05, 0) is 31.5 Å². The van der Waals surface area contributed by atoms with Gasteiger partial charge in [0.25, 0.3) is 0 Å². The van der Waals surface area contributed by atoms with Crippen molar-refractivity contribution >= 4 is 23.6 Å². The van der Waals surface area contributed by atoms with E-state index in [0.29, 0.717) is 19.4 Å². The average Bonchev–Trinajstić information content (AvgIpc) is 2.53. The lowest BCUT2D eigenvalue weighted by atomic mass is 9.89. The van der Waals surface area contributed by atoms with Gasteiger partial charge in [0.05, 0.1) is 25.7 Å². The molecule has 1 aliphatic heterocycles. The van der Waals surface area contributed by atoms with Gasteiger partial charge in [-0.25, -0.2) is 9.78 Å². The van der Waals surface area contributed by atoms with Crippen molar-refractivity contribution in [1.82, 2.24) is 9.88 Å². The lowest BCUT2D eigenvalue weighted by Crippen LogP contribution is -2.51. The summed E-state index contributed by atoms with van der Waals surface area (Å²) in [5.74, 6) is -1.27. The van der Waals surface area contributed by atoms with Crippen LogP contribution in [0.15, 0.2) is 18.2 Å². The zero-order valence-corrected chi connectivity index (χ0v) is 14.0. The molecule has 1 fully saturated rings. The van der Waals surface area contributed by atoms with Crippen LogP contribution in [0.5, 0.6) is 0 Å². The molecule has 136 valence electrons. The minimum atomic E-state index is -1.20. The van der Waals surface area contributed by atoms with Crippen molar-refractivity contribution in [3.63, 3.8) is 0 Å². The molecule has 1 atom stereocenters. The fourth-order valence-corrected chi connectivity index (χ4v) is 2.92. The number of β-amino-alcohol motifs (C(OH)–C–C–N with tert-alkyl or cyclic N) is 1. The van der Waals surface area contributed by atoms with Gasteiger partial charge in [0, 0.05) is 6.54 Å². The van der Waals surface area contributed by atoms with E-state index in [0.717, 1.165) is 0 Å². The summed E-state index contributed by atoms with van der Waals surface area (Å²) in [7, 11) is 1.25. The molecule has 0 radical (unpaired) electrons. The molecule has 1 saturated heterocycles. The molecule has 0 bridgehead atoms. The zero-order valence-electron chi connectivity index (χ0n) is 14.0. The number of esters is 1. The molecule has 0 saturated carbocycles. The highest BCUT2D eigenvalue weighted by molar-refractivity contribution is 5.92. The van der Waals surface area contributed by atoms with Crippen molar-refractivity contribution in [2.75, 3.05) is 32.1 Å². The summed E-state index contributed by atoms with van der Waals surface area (Å²) in [4.78, 5) is 40.5. The van der Waals surface area contributed by atoms with Crippen LogP contribution in [0.25, 0.3) is 0 Å². The van der Waals surface area contributed by atoms with Gasteiger partial charge in [-0.15, -0.1) is 0 Å². The molecule has 9 heteroatoms. The standard InChI is InChI=1S/C16H22N4O5/c1-25-15(23)11-4-2-5-13(18-11)19-14(22)9-20-7-3-6-16(24,10-20)8-12(17)21/h2,4-5,24H,3,6-10H2,1H3,(H2,17,21)(H,18,19,22). The van der Waals surface area contributed by atoms with E-state index in [1.54, 1.807) is 17.0 Å². The first-order valence-electron chi connectivity index (χ1n) is 7.89. The Labute approximate surface area is 145 Å². The Morgan fingerprint density at radius 1 is 1.44 bits per heavy atom. The topological polar surface area (TPSA) is 135 Å². The number of aromatic nitrogens is 1. The molecule has 1 unspecified atom stereocenters. The van der Waals surface area contributed by atoms with Crippen LogP contribution in [0.3, 0.4) is 0 Å². The normalized spacial score (nSPS) is 20.7. The number of amides is 2. The average molecular weight is 350 g/mol. The number of aliphatic hydroxyl groups is 1. The van der Waals surface area contributed by atoms with Crippen molar-refractivity contribution in [1.29, 1.82) is 0 Å². The maximum atomic E-state index is 12.2. The second-order valence-electron chi connectivity index (χ2n) is 6.13. The lowest BCUT2D eigenvalue weighted by molar-refractivity contribution is -0.126. The van der Waals surface area contributed by atoms with Gasteiger partial charge in [0.1, 0.15) is 5.82 Å². The molecule has 4 N–H and O–H groups in total. The van der Waals surface area contributed by atoms with Crippen LogP contribution in [-0.4, -0.2) is 65.1 Å². The predicted octanol–water partition coefficient (Wildman–Crippen LogP) is -0.491. The number of nitrogens with zero attached hydrogens (tertiary/aromatic N) is 2. The van der Waals surface area contributed by atoms with Crippen molar-refractivity contribution in [3.8, 4) is 0 Å². The molecule has 1 aliphatic rings. The van der Waals surface area contributed by atoms with Crippen molar-refractivity contribution in [2.45, 2.75) is 24.9 Å². The second kappa shape index (κ2) is 8.04. The van der Waals surface area contributed by atoms with Gasteiger partial charge >= 0.3 is 5.97 Å². The highest BCUT2D eigenvalue weighted by Crippen LogP contribution is 2.24. The molecule has 0 aromatic carbocycles. The molecule has 0 spiro atoms. The first-order valence-corrected chi connectivity index (χ1v) is 7.89. The number of hydrogen-bond donors (Lipinski definition) is 3. The number of pyridine rings is 1. The summed E-state index contributed by atoms with van der Waals surface area (Å²) in [5, 5.41) is 13.0. The van der Waals surface area contributed by atoms with E-state index in [4.69, 9.17) is 5.73 Å². The van der Waals surface area contributed by atoms with Gasteiger partial charge in [0.15, 0.2) is 5.69 Å². The zero-order chi connectivity index (χ0) is 18.4. The maximum Gasteiger partial charge on any atom is 0.356 e. The Hall–Kier alpha value is -2.52. The first kappa shape index (κ1) is 18.8. The highest BCUT2D eigenvalue weighted by Gasteiger charge is 2.35. The SMILES string of the molecule is COC(=O)c1cccc(NC(=O)CN2CCCC(O)(CC(N)=O)C2)n1. The third kappa shape index (κ3) is 5.50. The van der Waals surface area contributed by atoms with Gasteiger partial charge in [-0.2, -0.15) is 0 Å². The van der Waals surface area contributed by atoms with Gasteiger partial charge < -0.3 is 20.9 Å². The first-order chi connectivity index (χ1) is 11.8.